The molecular formula is C23H26N2O4S. The fourth-order valence-electron chi connectivity index (χ4n) is 3.11. The molecule has 0 saturated heterocycles. The molecule has 3 rings (SSSR count). The van der Waals surface area contributed by atoms with Crippen LogP contribution in [0.2, 0.25) is 0 Å². The lowest BCUT2D eigenvalue weighted by atomic mass is 9.99. The first-order chi connectivity index (χ1) is 14.3. The minimum absolute atomic E-state index is 0.0958. The highest BCUT2D eigenvalue weighted by atomic mass is 32.2. The van der Waals surface area contributed by atoms with Gasteiger partial charge in [-0.2, -0.15) is 0 Å². The number of aliphatic hydroxyl groups excluding tert-OH is 1. The maximum absolute atomic E-state index is 12.5. The molecule has 0 unspecified atom stereocenters. The first kappa shape index (κ1) is 22.0. The number of aliphatic hydroxyl groups is 1. The molecule has 0 aliphatic carbocycles. The summed E-state index contributed by atoms with van der Waals surface area (Å²) in [6.45, 7) is 3.66. The zero-order valence-corrected chi connectivity index (χ0v) is 17.8. The third kappa shape index (κ3) is 5.24. The summed E-state index contributed by atoms with van der Waals surface area (Å²) >= 11 is 0. The van der Waals surface area contributed by atoms with Crippen LogP contribution < -0.4 is 10.0 Å². The van der Waals surface area contributed by atoms with Gasteiger partial charge in [0.15, 0.2) is 0 Å². The minimum atomic E-state index is -3.72. The van der Waals surface area contributed by atoms with E-state index in [4.69, 9.17) is 0 Å². The van der Waals surface area contributed by atoms with Crippen LogP contribution >= 0.6 is 0 Å². The summed E-state index contributed by atoms with van der Waals surface area (Å²) in [4.78, 5) is 11.8. The number of hydrogen-bond acceptors (Lipinski definition) is 4. The number of carbonyl (C=O) groups is 1. The second-order valence-corrected chi connectivity index (χ2v) is 9.21. The molecule has 3 aromatic rings. The minimum Gasteiger partial charge on any atom is -0.388 e. The van der Waals surface area contributed by atoms with Crippen molar-refractivity contribution < 1.29 is 18.3 Å². The van der Waals surface area contributed by atoms with E-state index in [2.05, 4.69) is 10.0 Å². The summed E-state index contributed by atoms with van der Waals surface area (Å²) in [7, 11) is -3.72. The van der Waals surface area contributed by atoms with Crippen LogP contribution in [0.25, 0.3) is 10.8 Å². The molecule has 1 atom stereocenters. The van der Waals surface area contributed by atoms with Gasteiger partial charge in [0.1, 0.15) is 0 Å². The van der Waals surface area contributed by atoms with E-state index in [1.807, 2.05) is 42.5 Å². The van der Waals surface area contributed by atoms with Gasteiger partial charge >= 0.3 is 0 Å². The molecule has 158 valence electrons. The van der Waals surface area contributed by atoms with Gasteiger partial charge < -0.3 is 10.4 Å². The van der Waals surface area contributed by atoms with Gasteiger partial charge in [0.2, 0.25) is 15.9 Å². The van der Waals surface area contributed by atoms with Gasteiger partial charge in [-0.3, -0.25) is 4.79 Å². The molecule has 0 bridgehead atoms. The molecule has 0 radical (unpaired) electrons. The summed E-state index contributed by atoms with van der Waals surface area (Å²) in [5.74, 6) is -0.297. The number of benzene rings is 3. The van der Waals surface area contributed by atoms with Crippen LogP contribution in [0.4, 0.5) is 5.69 Å². The third-order valence-corrected chi connectivity index (χ3v) is 6.33. The molecule has 3 N–H and O–H groups in total. The predicted octanol–water partition coefficient (Wildman–Crippen LogP) is 3.84. The van der Waals surface area contributed by atoms with Crippen LogP contribution in [-0.2, 0) is 14.8 Å². The molecule has 0 aliphatic heterocycles. The Morgan fingerprint density at radius 1 is 0.967 bits per heavy atom. The monoisotopic (exact) mass is 426 g/mol. The zero-order chi connectivity index (χ0) is 21.7. The number of sulfonamides is 1. The van der Waals surface area contributed by atoms with Gasteiger partial charge in [-0.25, -0.2) is 13.1 Å². The van der Waals surface area contributed by atoms with Crippen LogP contribution in [-0.4, -0.2) is 26.0 Å². The Labute approximate surface area is 177 Å². The SMILES string of the molecule is CC(C)C(=O)Nc1ccc(S(=O)(=O)NCC[C@H](O)c2cccc3ccccc23)cc1. The molecular weight excluding hydrogens is 400 g/mol. The molecule has 7 heteroatoms. The van der Waals surface area contributed by atoms with Gasteiger partial charge in [-0.1, -0.05) is 56.3 Å². The normalized spacial score (nSPS) is 12.8. The number of fused-ring (bicyclic) bond motifs is 1. The second-order valence-electron chi connectivity index (χ2n) is 7.44. The molecule has 6 nitrogen and oxygen atoms in total. The van der Waals surface area contributed by atoms with E-state index in [-0.39, 0.29) is 29.7 Å². The Morgan fingerprint density at radius 2 is 1.63 bits per heavy atom. The van der Waals surface area contributed by atoms with E-state index in [1.165, 1.54) is 12.1 Å². The fourth-order valence-corrected chi connectivity index (χ4v) is 4.16. The Balaban J connectivity index is 1.61. The van der Waals surface area contributed by atoms with Gasteiger partial charge in [-0.15, -0.1) is 0 Å². The standard InChI is InChI=1S/C23H26N2O4S/c1-16(2)23(27)25-18-10-12-19(13-11-18)30(28,29)24-15-14-22(26)21-9-5-7-17-6-3-4-8-20(17)21/h3-13,16,22,24,26H,14-15H2,1-2H3,(H,25,27)/t22-/m0/s1. The molecule has 3 aromatic carbocycles. The van der Waals surface area contributed by atoms with Crippen LogP contribution in [0.1, 0.15) is 31.9 Å². The summed E-state index contributed by atoms with van der Waals surface area (Å²) in [5, 5.41) is 15.3. The van der Waals surface area contributed by atoms with Crippen LogP contribution in [0.3, 0.4) is 0 Å². The number of anilines is 1. The highest BCUT2D eigenvalue weighted by molar-refractivity contribution is 7.89. The lowest BCUT2D eigenvalue weighted by Gasteiger charge is -2.14. The number of nitrogens with one attached hydrogen (secondary N) is 2. The van der Waals surface area contributed by atoms with Crippen molar-refractivity contribution in [2.75, 3.05) is 11.9 Å². The second kappa shape index (κ2) is 9.38. The van der Waals surface area contributed by atoms with Crippen molar-refractivity contribution in [2.24, 2.45) is 5.92 Å². The van der Waals surface area contributed by atoms with E-state index in [9.17, 15) is 18.3 Å². The first-order valence-corrected chi connectivity index (χ1v) is 11.3. The third-order valence-electron chi connectivity index (χ3n) is 4.85. The molecule has 0 aromatic heterocycles. The summed E-state index contributed by atoms with van der Waals surface area (Å²) in [5.41, 5.74) is 1.32. The largest absolute Gasteiger partial charge is 0.388 e. The summed E-state index contributed by atoms with van der Waals surface area (Å²) < 4.78 is 27.6. The van der Waals surface area contributed by atoms with Gasteiger partial charge in [0.25, 0.3) is 0 Å². The van der Waals surface area contributed by atoms with Crippen LogP contribution in [0.5, 0.6) is 0 Å². The van der Waals surface area contributed by atoms with E-state index in [1.54, 1.807) is 26.0 Å². The van der Waals surface area contributed by atoms with Crippen LogP contribution in [0.15, 0.2) is 71.6 Å². The maximum Gasteiger partial charge on any atom is 0.240 e. The quantitative estimate of drug-likeness (QED) is 0.510. The molecule has 0 fully saturated rings. The fraction of sp³-hybridized carbons (Fsp3) is 0.261. The highest BCUT2D eigenvalue weighted by Gasteiger charge is 2.16. The van der Waals surface area contributed by atoms with Crippen molar-refractivity contribution in [3.63, 3.8) is 0 Å². The lowest BCUT2D eigenvalue weighted by molar-refractivity contribution is -0.118. The number of carbonyl (C=O) groups excluding carboxylic acids is 1. The predicted molar refractivity (Wildman–Crippen MR) is 119 cm³/mol. The van der Waals surface area contributed by atoms with E-state index < -0.39 is 16.1 Å². The number of rotatable bonds is 8. The van der Waals surface area contributed by atoms with Crippen molar-refractivity contribution in [1.82, 2.24) is 4.72 Å². The Bertz CT molecular complexity index is 1120. The average molecular weight is 427 g/mol. The Hall–Kier alpha value is -2.74. The molecule has 1 amide bonds. The van der Waals surface area contributed by atoms with E-state index in [0.717, 1.165) is 16.3 Å². The maximum atomic E-state index is 12.5. The van der Waals surface area contributed by atoms with Gasteiger partial charge in [0.05, 0.1) is 11.0 Å². The van der Waals surface area contributed by atoms with Crippen molar-refractivity contribution in [1.29, 1.82) is 0 Å². The van der Waals surface area contributed by atoms with Gasteiger partial charge in [0, 0.05) is 18.2 Å². The number of hydrogen-bond donors (Lipinski definition) is 3. The van der Waals surface area contributed by atoms with E-state index in [0.29, 0.717) is 5.69 Å². The molecule has 30 heavy (non-hydrogen) atoms. The molecule has 0 spiro atoms. The topological polar surface area (TPSA) is 95.5 Å². The van der Waals surface area contributed by atoms with Gasteiger partial charge in [-0.05, 0) is 47.0 Å². The van der Waals surface area contributed by atoms with E-state index >= 15 is 0 Å². The Morgan fingerprint density at radius 3 is 2.33 bits per heavy atom. The highest BCUT2D eigenvalue weighted by Crippen LogP contribution is 2.26. The van der Waals surface area contributed by atoms with Crippen molar-refractivity contribution >= 4 is 32.4 Å². The first-order valence-electron chi connectivity index (χ1n) is 9.84. The van der Waals surface area contributed by atoms with Crippen LogP contribution in [0, 0.1) is 5.92 Å². The Kier molecular flexibility index (Phi) is 6.87. The van der Waals surface area contributed by atoms with Crippen molar-refractivity contribution in [3.05, 3.63) is 72.3 Å². The summed E-state index contributed by atoms with van der Waals surface area (Å²) in [6.07, 6.45) is -0.539. The van der Waals surface area contributed by atoms with Crippen molar-refractivity contribution in [3.8, 4) is 0 Å². The zero-order valence-electron chi connectivity index (χ0n) is 17.0. The number of amides is 1. The summed E-state index contributed by atoms with van der Waals surface area (Å²) in [6, 6.07) is 19.5. The molecule has 0 saturated carbocycles. The molecule has 0 aliphatic rings. The smallest absolute Gasteiger partial charge is 0.240 e. The lowest BCUT2D eigenvalue weighted by Crippen LogP contribution is -2.26. The van der Waals surface area contributed by atoms with Crippen molar-refractivity contribution in [2.45, 2.75) is 31.3 Å². The molecule has 0 heterocycles. The average Bonchev–Trinajstić information content (AvgIpc) is 2.73.